The van der Waals surface area contributed by atoms with Gasteiger partial charge in [0.1, 0.15) is 0 Å². The van der Waals surface area contributed by atoms with E-state index in [2.05, 4.69) is 9.80 Å². The van der Waals surface area contributed by atoms with Crippen LogP contribution in [0.15, 0.2) is 23.0 Å². The van der Waals surface area contributed by atoms with E-state index in [-0.39, 0.29) is 5.54 Å². The van der Waals surface area contributed by atoms with Gasteiger partial charge in [0.25, 0.3) is 0 Å². The molecule has 0 saturated carbocycles. The van der Waals surface area contributed by atoms with Crippen LogP contribution in [0.1, 0.15) is 37.7 Å². The number of methoxy groups -OCH3 is 1. The van der Waals surface area contributed by atoms with E-state index in [9.17, 15) is 4.79 Å². The van der Waals surface area contributed by atoms with Gasteiger partial charge in [0.2, 0.25) is 5.91 Å². The number of hydrogen-bond acceptors (Lipinski definition) is 4. The van der Waals surface area contributed by atoms with Gasteiger partial charge in [-0.1, -0.05) is 0 Å². The van der Waals surface area contributed by atoms with Gasteiger partial charge in [-0.2, -0.15) is 0 Å². The smallest absolute Gasteiger partial charge is 0.223 e. The van der Waals surface area contributed by atoms with E-state index >= 15 is 0 Å². The van der Waals surface area contributed by atoms with Crippen molar-refractivity contribution in [2.45, 2.75) is 44.2 Å². The molecule has 5 heteroatoms. The first-order valence-corrected chi connectivity index (χ1v) is 8.26. The van der Waals surface area contributed by atoms with Crippen LogP contribution in [0.3, 0.4) is 0 Å². The van der Waals surface area contributed by atoms with Crippen molar-refractivity contribution >= 4 is 5.91 Å². The molecule has 3 heterocycles. The third-order valence-electron chi connectivity index (χ3n) is 5.19. The van der Waals surface area contributed by atoms with Gasteiger partial charge in [-0.25, -0.2) is 0 Å². The molecule has 1 aromatic rings. The summed E-state index contributed by atoms with van der Waals surface area (Å²) in [5.41, 5.74) is 1.30. The minimum atomic E-state index is 0.0702. The molecule has 1 spiro atoms. The normalized spacial score (nSPS) is 26.8. The van der Waals surface area contributed by atoms with Crippen LogP contribution in [0.25, 0.3) is 0 Å². The summed E-state index contributed by atoms with van der Waals surface area (Å²) in [6.07, 6.45) is 8.60. The lowest BCUT2D eigenvalue weighted by Crippen LogP contribution is -2.47. The number of likely N-dealkylation sites (tertiary alicyclic amines) is 2. The molecule has 2 fully saturated rings. The highest BCUT2D eigenvalue weighted by molar-refractivity contribution is 5.79. The van der Waals surface area contributed by atoms with E-state index in [0.29, 0.717) is 18.9 Å². The van der Waals surface area contributed by atoms with Gasteiger partial charge >= 0.3 is 0 Å². The van der Waals surface area contributed by atoms with Crippen LogP contribution < -0.4 is 0 Å². The molecule has 1 atom stereocenters. The molecule has 1 aromatic heterocycles. The van der Waals surface area contributed by atoms with Crippen LogP contribution >= 0.6 is 0 Å². The van der Waals surface area contributed by atoms with Gasteiger partial charge in [0.05, 0.1) is 19.1 Å². The van der Waals surface area contributed by atoms with Gasteiger partial charge in [-0.05, 0) is 38.3 Å². The van der Waals surface area contributed by atoms with Gasteiger partial charge in [-0.15, -0.1) is 0 Å². The van der Waals surface area contributed by atoms with Gasteiger partial charge in [-0.3, -0.25) is 9.69 Å². The van der Waals surface area contributed by atoms with E-state index in [1.165, 1.54) is 5.56 Å². The molecule has 0 aromatic carbocycles. The van der Waals surface area contributed by atoms with Gasteiger partial charge in [0, 0.05) is 44.3 Å². The Morgan fingerprint density at radius 3 is 3.00 bits per heavy atom. The third kappa shape index (κ3) is 3.20. The number of rotatable bonds is 5. The van der Waals surface area contributed by atoms with Crippen LogP contribution in [-0.4, -0.2) is 54.6 Å². The minimum Gasteiger partial charge on any atom is -0.472 e. The number of carbonyl (C=O) groups is 1. The summed E-state index contributed by atoms with van der Waals surface area (Å²) < 4.78 is 10.4. The fourth-order valence-electron chi connectivity index (χ4n) is 3.97. The predicted molar refractivity (Wildman–Crippen MR) is 83.4 cm³/mol. The SMILES string of the molecule is COCCN1C(=O)CC[C@@]12CCCN(Cc1ccoc1)CC2. The molecule has 0 aliphatic carbocycles. The van der Waals surface area contributed by atoms with Crippen molar-refractivity contribution in [2.24, 2.45) is 0 Å². The Kier molecular flexibility index (Phi) is 4.84. The lowest BCUT2D eigenvalue weighted by atomic mass is 9.88. The molecule has 0 bridgehead atoms. The van der Waals surface area contributed by atoms with Crippen molar-refractivity contribution in [2.75, 3.05) is 33.4 Å². The zero-order chi connectivity index (χ0) is 15.4. The van der Waals surface area contributed by atoms with E-state index in [4.69, 9.17) is 9.15 Å². The summed E-state index contributed by atoms with van der Waals surface area (Å²) >= 11 is 0. The Balaban J connectivity index is 1.64. The lowest BCUT2D eigenvalue weighted by molar-refractivity contribution is -0.132. The van der Waals surface area contributed by atoms with Crippen molar-refractivity contribution in [3.63, 3.8) is 0 Å². The predicted octanol–water partition coefficient (Wildman–Crippen LogP) is 2.27. The molecular weight excluding hydrogens is 280 g/mol. The first-order chi connectivity index (χ1) is 10.7. The highest BCUT2D eigenvalue weighted by atomic mass is 16.5. The van der Waals surface area contributed by atoms with E-state index in [0.717, 1.165) is 51.9 Å². The molecule has 2 saturated heterocycles. The lowest BCUT2D eigenvalue weighted by Gasteiger charge is -2.38. The number of hydrogen-bond donors (Lipinski definition) is 0. The van der Waals surface area contributed by atoms with E-state index < -0.39 is 0 Å². The maximum Gasteiger partial charge on any atom is 0.223 e. The number of nitrogens with zero attached hydrogens (tertiary/aromatic N) is 2. The second kappa shape index (κ2) is 6.84. The van der Waals surface area contributed by atoms with Crippen molar-refractivity contribution < 1.29 is 13.9 Å². The van der Waals surface area contributed by atoms with Crippen molar-refractivity contribution in [3.05, 3.63) is 24.2 Å². The zero-order valence-electron chi connectivity index (χ0n) is 13.4. The Bertz CT molecular complexity index is 488. The maximum atomic E-state index is 12.2. The average molecular weight is 306 g/mol. The fourth-order valence-corrected chi connectivity index (χ4v) is 3.97. The summed E-state index contributed by atoms with van der Waals surface area (Å²) in [7, 11) is 1.70. The molecule has 0 N–H and O–H groups in total. The summed E-state index contributed by atoms with van der Waals surface area (Å²) in [6, 6.07) is 2.03. The summed E-state index contributed by atoms with van der Waals surface area (Å²) in [4.78, 5) is 16.8. The molecule has 0 unspecified atom stereocenters. The van der Waals surface area contributed by atoms with Crippen molar-refractivity contribution in [1.82, 2.24) is 9.80 Å². The van der Waals surface area contributed by atoms with Crippen LogP contribution in [0.2, 0.25) is 0 Å². The summed E-state index contributed by atoms with van der Waals surface area (Å²) in [5.74, 6) is 0.306. The Labute approximate surface area is 132 Å². The molecule has 5 nitrogen and oxygen atoms in total. The number of ether oxygens (including phenoxy) is 1. The fraction of sp³-hybridized carbons (Fsp3) is 0.706. The monoisotopic (exact) mass is 306 g/mol. The third-order valence-corrected chi connectivity index (χ3v) is 5.19. The van der Waals surface area contributed by atoms with Crippen LogP contribution in [0, 0.1) is 0 Å². The van der Waals surface area contributed by atoms with Gasteiger partial charge in [0.15, 0.2) is 0 Å². The molecule has 1 amide bonds. The molecular formula is C17H26N2O3. The molecule has 0 radical (unpaired) electrons. The quantitative estimate of drug-likeness (QED) is 0.837. The zero-order valence-corrected chi connectivity index (χ0v) is 13.4. The van der Waals surface area contributed by atoms with Crippen LogP contribution in [0.4, 0.5) is 0 Å². The Morgan fingerprint density at radius 2 is 2.23 bits per heavy atom. The number of amides is 1. The topological polar surface area (TPSA) is 45.9 Å². The van der Waals surface area contributed by atoms with Crippen molar-refractivity contribution in [3.8, 4) is 0 Å². The van der Waals surface area contributed by atoms with E-state index in [1.54, 1.807) is 13.4 Å². The second-order valence-corrected chi connectivity index (χ2v) is 6.52. The largest absolute Gasteiger partial charge is 0.472 e. The molecule has 22 heavy (non-hydrogen) atoms. The molecule has 2 aliphatic heterocycles. The standard InChI is InChI=1S/C17H26N2O3/c1-21-12-10-19-16(20)3-6-17(19)5-2-8-18(9-7-17)13-15-4-11-22-14-15/h4,11,14H,2-3,5-10,12-13H2,1H3/t17-/m1/s1. The number of carbonyl (C=O) groups excluding carboxylic acids is 1. The molecule has 2 aliphatic rings. The first-order valence-electron chi connectivity index (χ1n) is 8.26. The summed E-state index contributed by atoms with van der Waals surface area (Å²) in [6.45, 7) is 4.45. The highest BCUT2D eigenvalue weighted by Crippen LogP contribution is 2.39. The van der Waals surface area contributed by atoms with E-state index in [1.807, 2.05) is 12.3 Å². The Morgan fingerprint density at radius 1 is 1.32 bits per heavy atom. The maximum absolute atomic E-state index is 12.2. The second-order valence-electron chi connectivity index (χ2n) is 6.52. The number of furan rings is 1. The van der Waals surface area contributed by atoms with Crippen molar-refractivity contribution in [1.29, 1.82) is 0 Å². The summed E-state index contributed by atoms with van der Waals surface area (Å²) in [5, 5.41) is 0. The highest BCUT2D eigenvalue weighted by Gasteiger charge is 2.45. The van der Waals surface area contributed by atoms with Crippen LogP contribution in [-0.2, 0) is 16.1 Å². The molecule has 3 rings (SSSR count). The Hall–Kier alpha value is -1.33. The average Bonchev–Trinajstić information content (AvgIpc) is 3.06. The minimum absolute atomic E-state index is 0.0702. The first kappa shape index (κ1) is 15.6. The van der Waals surface area contributed by atoms with Gasteiger partial charge < -0.3 is 14.1 Å². The van der Waals surface area contributed by atoms with Crippen LogP contribution in [0.5, 0.6) is 0 Å². The molecule has 122 valence electrons.